The molecule has 0 spiro atoms. The molecule has 28 heavy (non-hydrogen) atoms. The molecule has 1 aromatic carbocycles. The van der Waals surface area contributed by atoms with Gasteiger partial charge in [-0.3, -0.25) is 4.79 Å². The molecule has 0 atom stereocenters. The van der Waals surface area contributed by atoms with Crippen molar-refractivity contribution in [1.82, 2.24) is 4.90 Å². The van der Waals surface area contributed by atoms with Crippen molar-refractivity contribution in [3.8, 4) is 5.75 Å². The highest BCUT2D eigenvalue weighted by Crippen LogP contribution is 2.34. The minimum atomic E-state index is -4.68. The lowest BCUT2D eigenvalue weighted by molar-refractivity contribution is -0.136. The first-order valence-corrected chi connectivity index (χ1v) is 9.30. The van der Waals surface area contributed by atoms with Crippen molar-refractivity contribution in [3.63, 3.8) is 0 Å². The van der Waals surface area contributed by atoms with Crippen molar-refractivity contribution in [2.45, 2.75) is 19.1 Å². The van der Waals surface area contributed by atoms with Crippen molar-refractivity contribution < 1.29 is 27.1 Å². The Bertz CT molecular complexity index is 1100. The van der Waals surface area contributed by atoms with E-state index >= 15 is 0 Å². The molecule has 3 heterocycles. The summed E-state index contributed by atoms with van der Waals surface area (Å²) in [5.74, 6) is -0.0704. The van der Waals surface area contributed by atoms with Gasteiger partial charge in [-0.05, 0) is 35.6 Å². The smallest absolute Gasteiger partial charge is 0.417 e. The molecule has 1 aliphatic rings. The monoisotopic (exact) mass is 409 g/mol. The van der Waals surface area contributed by atoms with Gasteiger partial charge in [0.2, 0.25) is 0 Å². The van der Waals surface area contributed by atoms with Crippen LogP contribution >= 0.6 is 11.3 Å². The fourth-order valence-electron chi connectivity index (χ4n) is 3.17. The van der Waals surface area contributed by atoms with Crippen LogP contribution in [0.4, 0.5) is 13.2 Å². The molecule has 1 aliphatic heterocycles. The summed E-state index contributed by atoms with van der Waals surface area (Å²) < 4.78 is 49.5. The van der Waals surface area contributed by atoms with E-state index in [4.69, 9.17) is 9.15 Å². The average Bonchev–Trinajstić information content (AvgIpc) is 3.12. The number of halogens is 3. The van der Waals surface area contributed by atoms with Gasteiger partial charge in [-0.15, -0.1) is 11.3 Å². The molecule has 0 fully saturated rings. The summed E-state index contributed by atoms with van der Waals surface area (Å²) in [4.78, 5) is 26.8. The second-order valence-electron chi connectivity index (χ2n) is 6.36. The zero-order valence-electron chi connectivity index (χ0n) is 14.4. The summed E-state index contributed by atoms with van der Waals surface area (Å²) >= 11 is 1.67. The minimum absolute atomic E-state index is 0.150. The van der Waals surface area contributed by atoms with Crippen LogP contribution in [0.2, 0.25) is 0 Å². The Balaban J connectivity index is 1.50. The zero-order chi connectivity index (χ0) is 19.9. The maximum atomic E-state index is 13.1. The lowest BCUT2D eigenvalue weighted by Gasteiger charge is -2.27. The number of nitrogens with zero attached hydrogens (tertiary/aromatic N) is 1. The third kappa shape index (κ3) is 3.62. The number of rotatable bonds is 3. The van der Waals surface area contributed by atoms with Crippen LogP contribution in [-0.4, -0.2) is 24.0 Å². The number of benzene rings is 1. The predicted molar refractivity (Wildman–Crippen MR) is 96.4 cm³/mol. The number of amides is 1. The number of hydrogen-bond donors (Lipinski definition) is 0. The predicted octanol–water partition coefficient (Wildman–Crippen LogP) is 3.84. The Kier molecular flexibility index (Phi) is 4.62. The van der Waals surface area contributed by atoms with Crippen LogP contribution in [0.3, 0.4) is 0 Å². The molecule has 1 amide bonds. The summed E-state index contributed by atoms with van der Waals surface area (Å²) in [5.41, 5.74) is -1.29. The first-order chi connectivity index (χ1) is 13.3. The molecule has 5 nitrogen and oxygen atoms in total. The van der Waals surface area contributed by atoms with Crippen molar-refractivity contribution >= 4 is 28.2 Å². The number of hydrogen-bond acceptors (Lipinski definition) is 5. The van der Waals surface area contributed by atoms with E-state index in [1.165, 1.54) is 23.1 Å². The number of alkyl halides is 3. The van der Waals surface area contributed by atoms with Gasteiger partial charge >= 0.3 is 11.8 Å². The van der Waals surface area contributed by atoms with E-state index in [0.29, 0.717) is 19.2 Å². The van der Waals surface area contributed by atoms with Gasteiger partial charge in [0.05, 0.1) is 5.56 Å². The highest BCUT2D eigenvalue weighted by molar-refractivity contribution is 7.10. The highest BCUT2D eigenvalue weighted by Gasteiger charge is 2.34. The molecular formula is C19H14F3NO4S. The van der Waals surface area contributed by atoms with Crippen molar-refractivity contribution in [1.29, 1.82) is 0 Å². The Morgan fingerprint density at radius 2 is 2.07 bits per heavy atom. The first kappa shape index (κ1) is 18.5. The molecular weight excluding hydrogens is 395 g/mol. The van der Waals surface area contributed by atoms with Gasteiger partial charge in [0.1, 0.15) is 11.3 Å². The number of carbonyl (C=O) groups excluding carboxylic acids is 1. The second kappa shape index (κ2) is 6.97. The summed E-state index contributed by atoms with van der Waals surface area (Å²) in [6, 6.07) is 6.08. The van der Waals surface area contributed by atoms with E-state index in [2.05, 4.69) is 0 Å². The zero-order valence-corrected chi connectivity index (χ0v) is 15.2. The van der Waals surface area contributed by atoms with E-state index < -0.39 is 17.4 Å². The van der Waals surface area contributed by atoms with E-state index in [1.54, 1.807) is 16.2 Å². The number of carbonyl (C=O) groups is 1. The second-order valence-corrected chi connectivity index (χ2v) is 7.36. The number of thiophene rings is 1. The Labute approximate surface area is 160 Å². The van der Waals surface area contributed by atoms with Gasteiger partial charge in [0.25, 0.3) is 5.91 Å². The Morgan fingerprint density at radius 3 is 2.86 bits per heavy atom. The topological polar surface area (TPSA) is 59.8 Å². The molecule has 4 rings (SSSR count). The quantitative estimate of drug-likeness (QED) is 0.617. The number of fused-ring (bicyclic) bond motifs is 2. The molecule has 0 saturated heterocycles. The van der Waals surface area contributed by atoms with Crippen LogP contribution in [0.1, 0.15) is 16.0 Å². The van der Waals surface area contributed by atoms with Gasteiger partial charge in [-0.1, -0.05) is 0 Å². The molecule has 0 saturated carbocycles. The van der Waals surface area contributed by atoms with E-state index in [0.717, 1.165) is 12.0 Å². The maximum absolute atomic E-state index is 13.1. The molecule has 0 radical (unpaired) electrons. The van der Waals surface area contributed by atoms with Gasteiger partial charge in [0.15, 0.2) is 6.61 Å². The van der Waals surface area contributed by atoms with E-state index in [-0.39, 0.29) is 29.2 Å². The molecule has 0 bridgehead atoms. The fourth-order valence-corrected chi connectivity index (χ4v) is 4.05. The Morgan fingerprint density at radius 1 is 1.25 bits per heavy atom. The summed E-state index contributed by atoms with van der Waals surface area (Å²) in [6.45, 7) is 0.855. The van der Waals surface area contributed by atoms with Gasteiger partial charge in [-0.25, -0.2) is 4.79 Å². The van der Waals surface area contributed by atoms with E-state index in [1.807, 2.05) is 11.4 Å². The largest absolute Gasteiger partial charge is 0.484 e. The molecule has 0 unspecified atom stereocenters. The molecule has 2 aromatic heterocycles. The van der Waals surface area contributed by atoms with Crippen LogP contribution in [0.25, 0.3) is 11.0 Å². The van der Waals surface area contributed by atoms with Crippen LogP contribution in [-0.2, 0) is 23.9 Å². The van der Waals surface area contributed by atoms with Crippen molar-refractivity contribution in [2.75, 3.05) is 13.2 Å². The van der Waals surface area contributed by atoms with Gasteiger partial charge < -0.3 is 14.1 Å². The molecule has 146 valence electrons. The standard InChI is InChI=1S/C19H14F3NO4S/c20-19(21,22)14-8-18(25)27-15-7-12(1-2-13(14)15)26-10-17(24)23-5-3-16-11(9-23)4-6-28-16/h1-2,4,6-8H,3,5,9-10H2. The van der Waals surface area contributed by atoms with Crippen LogP contribution < -0.4 is 10.4 Å². The third-order valence-electron chi connectivity index (χ3n) is 4.54. The SMILES string of the molecule is O=C(COc1ccc2c(C(F)(F)F)cc(=O)oc2c1)N1CCc2sccc2C1. The minimum Gasteiger partial charge on any atom is -0.484 e. The highest BCUT2D eigenvalue weighted by atomic mass is 32.1. The lowest BCUT2D eigenvalue weighted by Crippen LogP contribution is -2.38. The molecule has 0 N–H and O–H groups in total. The lowest BCUT2D eigenvalue weighted by atomic mass is 10.1. The van der Waals surface area contributed by atoms with Gasteiger partial charge in [0, 0.05) is 35.5 Å². The Hall–Kier alpha value is -2.81. The maximum Gasteiger partial charge on any atom is 0.417 e. The van der Waals surface area contributed by atoms with Crippen LogP contribution in [0, 0.1) is 0 Å². The van der Waals surface area contributed by atoms with E-state index in [9.17, 15) is 22.8 Å². The summed E-state index contributed by atoms with van der Waals surface area (Å²) in [7, 11) is 0. The third-order valence-corrected chi connectivity index (χ3v) is 5.57. The molecule has 3 aromatic rings. The molecule has 0 aliphatic carbocycles. The number of ether oxygens (including phenoxy) is 1. The van der Waals surface area contributed by atoms with Gasteiger partial charge in [-0.2, -0.15) is 13.2 Å². The van der Waals surface area contributed by atoms with Crippen LogP contribution in [0.5, 0.6) is 5.75 Å². The first-order valence-electron chi connectivity index (χ1n) is 8.42. The summed E-state index contributed by atoms with van der Waals surface area (Å²) in [6.07, 6.45) is -3.89. The average molecular weight is 409 g/mol. The summed E-state index contributed by atoms with van der Waals surface area (Å²) in [5, 5.41) is 1.75. The van der Waals surface area contributed by atoms with Crippen LogP contribution in [0.15, 0.2) is 44.9 Å². The normalized spacial score (nSPS) is 14.2. The fraction of sp³-hybridized carbons (Fsp3) is 0.263. The molecule has 9 heteroatoms. The van der Waals surface area contributed by atoms with Crippen molar-refractivity contribution in [3.05, 3.63) is 62.1 Å². The van der Waals surface area contributed by atoms with Crippen molar-refractivity contribution in [2.24, 2.45) is 0 Å².